The van der Waals surface area contributed by atoms with Crippen LogP contribution >= 0.6 is 0 Å². The maximum Gasteiger partial charge on any atom is -0.0163 e. The first-order valence-corrected chi connectivity index (χ1v) is 4.46. The summed E-state index contributed by atoms with van der Waals surface area (Å²) in [4.78, 5) is 0. The van der Waals surface area contributed by atoms with E-state index in [1.807, 2.05) is 0 Å². The molecule has 0 aliphatic carbocycles. The Balaban J connectivity index is 3.91. The summed E-state index contributed by atoms with van der Waals surface area (Å²) >= 11 is 0. The molecule has 0 amide bonds. The van der Waals surface area contributed by atoms with Crippen LogP contribution in [-0.2, 0) is 0 Å². The van der Waals surface area contributed by atoms with Crippen LogP contribution in [0.15, 0.2) is 17.9 Å². The molecule has 0 rings (SSSR count). The molecule has 0 aromatic rings. The lowest BCUT2D eigenvalue weighted by atomic mass is 9.98. The molecule has 64 valence electrons. The molecule has 0 fully saturated rings. The van der Waals surface area contributed by atoms with Crippen LogP contribution in [0.1, 0.15) is 34.6 Å². The third-order valence-electron chi connectivity index (χ3n) is 1.84. The molecule has 1 unspecified atom stereocenters. The molecule has 0 N–H and O–H groups in total. The minimum atomic E-state index is 0.616. The second-order valence-corrected chi connectivity index (χ2v) is 3.85. The molecule has 0 saturated heterocycles. The van der Waals surface area contributed by atoms with Gasteiger partial charge in [-0.2, -0.15) is 0 Å². The molecular formula is C11H20. The zero-order chi connectivity index (χ0) is 8.85. The summed E-state index contributed by atoms with van der Waals surface area (Å²) < 4.78 is 0. The van der Waals surface area contributed by atoms with Crippen molar-refractivity contribution in [1.82, 2.24) is 0 Å². The predicted molar refractivity (Wildman–Crippen MR) is 51.5 cm³/mol. The Hall–Kier alpha value is -0.480. The Morgan fingerprint density at radius 2 is 1.45 bits per heavy atom. The van der Waals surface area contributed by atoms with Gasteiger partial charge in [0, 0.05) is 0 Å². The standard InChI is InChI=1S/C11H20/c1-9(2)7-6-8-11(5)10(3)4/h7-11H,1-5H3. The van der Waals surface area contributed by atoms with Crippen molar-refractivity contribution in [3.05, 3.63) is 17.9 Å². The molecule has 0 aromatic heterocycles. The van der Waals surface area contributed by atoms with Crippen molar-refractivity contribution in [3.63, 3.8) is 0 Å². The molecule has 0 aromatic carbocycles. The van der Waals surface area contributed by atoms with E-state index in [2.05, 4.69) is 52.5 Å². The van der Waals surface area contributed by atoms with E-state index in [0.717, 1.165) is 5.92 Å². The van der Waals surface area contributed by atoms with Gasteiger partial charge < -0.3 is 0 Å². The fraction of sp³-hybridized carbons (Fsp3) is 0.727. The van der Waals surface area contributed by atoms with Crippen molar-refractivity contribution in [2.75, 3.05) is 0 Å². The van der Waals surface area contributed by atoms with Crippen LogP contribution < -0.4 is 0 Å². The highest BCUT2D eigenvalue weighted by Crippen LogP contribution is 2.09. The van der Waals surface area contributed by atoms with Crippen LogP contribution in [-0.4, -0.2) is 0 Å². The molecule has 0 heteroatoms. The predicted octanol–water partition coefficient (Wildman–Crippen LogP) is 3.65. The van der Waals surface area contributed by atoms with E-state index in [9.17, 15) is 0 Å². The molecular weight excluding hydrogens is 132 g/mol. The van der Waals surface area contributed by atoms with Gasteiger partial charge in [-0.15, -0.1) is 5.73 Å². The van der Waals surface area contributed by atoms with Gasteiger partial charge in [0.15, 0.2) is 0 Å². The lowest BCUT2D eigenvalue weighted by Crippen LogP contribution is -1.98. The van der Waals surface area contributed by atoms with E-state index >= 15 is 0 Å². The van der Waals surface area contributed by atoms with E-state index in [-0.39, 0.29) is 0 Å². The van der Waals surface area contributed by atoms with Crippen LogP contribution in [0.5, 0.6) is 0 Å². The summed E-state index contributed by atoms with van der Waals surface area (Å²) in [7, 11) is 0. The lowest BCUT2D eigenvalue weighted by molar-refractivity contribution is 0.504. The van der Waals surface area contributed by atoms with Gasteiger partial charge in [0.25, 0.3) is 0 Å². The Kier molecular flexibility index (Phi) is 4.98. The highest BCUT2D eigenvalue weighted by Gasteiger charge is 2.00. The van der Waals surface area contributed by atoms with Crippen molar-refractivity contribution < 1.29 is 0 Å². The zero-order valence-corrected chi connectivity index (χ0v) is 8.39. The molecule has 0 nitrogen and oxygen atoms in total. The minimum absolute atomic E-state index is 0.616. The average molecular weight is 152 g/mol. The second-order valence-electron chi connectivity index (χ2n) is 3.85. The van der Waals surface area contributed by atoms with Crippen molar-refractivity contribution >= 4 is 0 Å². The Labute approximate surface area is 71.0 Å². The number of hydrogen-bond donors (Lipinski definition) is 0. The van der Waals surface area contributed by atoms with Gasteiger partial charge in [-0.3, -0.25) is 0 Å². The van der Waals surface area contributed by atoms with Crippen LogP contribution in [0, 0.1) is 17.8 Å². The number of rotatable bonds is 3. The third kappa shape index (κ3) is 5.94. The Bertz CT molecular complexity index is 145. The SMILES string of the molecule is CC(C)C=C=CC(C)C(C)C. The van der Waals surface area contributed by atoms with Crippen LogP contribution in [0.25, 0.3) is 0 Å². The topological polar surface area (TPSA) is 0 Å². The van der Waals surface area contributed by atoms with Gasteiger partial charge in [-0.05, 0) is 29.9 Å². The van der Waals surface area contributed by atoms with Crippen molar-refractivity contribution in [3.8, 4) is 0 Å². The highest BCUT2D eigenvalue weighted by molar-refractivity contribution is 4.90. The van der Waals surface area contributed by atoms with Gasteiger partial charge in [0.1, 0.15) is 0 Å². The van der Waals surface area contributed by atoms with Gasteiger partial charge in [-0.1, -0.05) is 34.6 Å². The Morgan fingerprint density at radius 3 is 1.82 bits per heavy atom. The summed E-state index contributed by atoms with van der Waals surface area (Å²) in [6, 6.07) is 0. The minimum Gasteiger partial charge on any atom is -0.129 e. The summed E-state index contributed by atoms with van der Waals surface area (Å²) in [5.74, 6) is 1.98. The molecule has 0 aliphatic rings. The van der Waals surface area contributed by atoms with Crippen molar-refractivity contribution in [1.29, 1.82) is 0 Å². The average Bonchev–Trinajstić information content (AvgIpc) is 1.86. The zero-order valence-electron chi connectivity index (χ0n) is 8.39. The summed E-state index contributed by atoms with van der Waals surface area (Å²) in [6.45, 7) is 11.0. The third-order valence-corrected chi connectivity index (χ3v) is 1.84. The summed E-state index contributed by atoms with van der Waals surface area (Å²) in [6.07, 6.45) is 4.27. The highest BCUT2D eigenvalue weighted by atomic mass is 14.0. The van der Waals surface area contributed by atoms with E-state index in [4.69, 9.17) is 0 Å². The first-order valence-electron chi connectivity index (χ1n) is 4.46. The van der Waals surface area contributed by atoms with Gasteiger partial charge in [0.05, 0.1) is 0 Å². The molecule has 0 bridgehead atoms. The summed E-state index contributed by atoms with van der Waals surface area (Å²) in [5, 5.41) is 0. The van der Waals surface area contributed by atoms with Gasteiger partial charge >= 0.3 is 0 Å². The fourth-order valence-corrected chi connectivity index (χ4v) is 0.592. The van der Waals surface area contributed by atoms with Crippen molar-refractivity contribution in [2.45, 2.75) is 34.6 Å². The van der Waals surface area contributed by atoms with Crippen LogP contribution in [0.4, 0.5) is 0 Å². The normalized spacial score (nSPS) is 13.0. The smallest absolute Gasteiger partial charge is 0.0163 e. The van der Waals surface area contributed by atoms with Crippen molar-refractivity contribution in [2.24, 2.45) is 17.8 Å². The van der Waals surface area contributed by atoms with Gasteiger partial charge in [-0.25, -0.2) is 0 Å². The van der Waals surface area contributed by atoms with Crippen LogP contribution in [0.2, 0.25) is 0 Å². The fourth-order valence-electron chi connectivity index (χ4n) is 0.592. The first-order chi connectivity index (χ1) is 5.04. The van der Waals surface area contributed by atoms with E-state index in [1.54, 1.807) is 0 Å². The molecule has 0 saturated carbocycles. The van der Waals surface area contributed by atoms with E-state index < -0.39 is 0 Å². The molecule has 0 heterocycles. The van der Waals surface area contributed by atoms with E-state index in [1.165, 1.54) is 0 Å². The quantitative estimate of drug-likeness (QED) is 0.541. The molecule has 0 radical (unpaired) electrons. The maximum absolute atomic E-state index is 3.22. The number of allylic oxidation sites excluding steroid dienone is 1. The number of hydrogen-bond acceptors (Lipinski definition) is 0. The van der Waals surface area contributed by atoms with E-state index in [0.29, 0.717) is 11.8 Å². The molecule has 11 heavy (non-hydrogen) atoms. The molecule has 0 aliphatic heterocycles. The molecule has 1 atom stereocenters. The second kappa shape index (κ2) is 5.21. The lowest BCUT2D eigenvalue weighted by Gasteiger charge is -2.07. The largest absolute Gasteiger partial charge is 0.129 e. The first kappa shape index (κ1) is 10.5. The Morgan fingerprint density at radius 1 is 0.909 bits per heavy atom. The maximum atomic E-state index is 3.22. The van der Waals surface area contributed by atoms with Crippen LogP contribution in [0.3, 0.4) is 0 Å². The monoisotopic (exact) mass is 152 g/mol. The molecule has 0 spiro atoms. The van der Waals surface area contributed by atoms with Gasteiger partial charge in [0.2, 0.25) is 0 Å². The summed E-state index contributed by atoms with van der Waals surface area (Å²) in [5.41, 5.74) is 3.22.